The highest BCUT2D eigenvalue weighted by molar-refractivity contribution is 6.33. The molecule has 2 amide bonds. The lowest BCUT2D eigenvalue weighted by Gasteiger charge is -2.38. The van der Waals surface area contributed by atoms with Gasteiger partial charge in [0.25, 0.3) is 5.91 Å². The van der Waals surface area contributed by atoms with Crippen LogP contribution < -0.4 is 10.6 Å². The molecule has 1 saturated carbocycles. The maximum absolute atomic E-state index is 14.0. The summed E-state index contributed by atoms with van der Waals surface area (Å²) in [6.07, 6.45) is 9.37. The third-order valence-electron chi connectivity index (χ3n) is 7.83. The topological polar surface area (TPSA) is 86.9 Å². The van der Waals surface area contributed by atoms with Gasteiger partial charge in [0, 0.05) is 47.4 Å². The minimum atomic E-state index is -1.22. The second-order valence-electron chi connectivity index (χ2n) is 10.5. The third-order valence-corrected chi connectivity index (χ3v) is 8.16. The number of amides is 2. The number of pyridine rings is 1. The number of rotatable bonds is 8. The molecular formula is C31H33ClN4O2. The van der Waals surface area contributed by atoms with E-state index in [1.54, 1.807) is 31.2 Å². The Morgan fingerprint density at radius 2 is 1.74 bits per heavy atom. The number of carbonyl (C=O) groups excluding carboxylic acids is 2. The van der Waals surface area contributed by atoms with Crippen molar-refractivity contribution in [3.8, 4) is 0 Å². The molecule has 2 aromatic carbocycles. The van der Waals surface area contributed by atoms with Gasteiger partial charge in [-0.1, -0.05) is 67.3 Å². The summed E-state index contributed by atoms with van der Waals surface area (Å²) in [5, 5.41) is 7.62. The molecule has 1 aliphatic rings. The fourth-order valence-corrected chi connectivity index (χ4v) is 5.90. The van der Waals surface area contributed by atoms with Gasteiger partial charge >= 0.3 is 0 Å². The Morgan fingerprint density at radius 3 is 2.50 bits per heavy atom. The summed E-state index contributed by atoms with van der Waals surface area (Å²) in [6, 6.07) is 20.8. The number of H-pyrrole nitrogens is 1. The van der Waals surface area contributed by atoms with Gasteiger partial charge in [-0.25, -0.2) is 0 Å². The number of hydrogen-bond acceptors (Lipinski definition) is 3. The van der Waals surface area contributed by atoms with Crippen LogP contribution in [0, 0.1) is 0 Å². The zero-order valence-electron chi connectivity index (χ0n) is 21.6. The van der Waals surface area contributed by atoms with Crippen LogP contribution >= 0.6 is 11.6 Å². The average molecular weight is 529 g/mol. The Kier molecular flexibility index (Phi) is 7.52. The van der Waals surface area contributed by atoms with E-state index in [2.05, 4.69) is 26.7 Å². The summed E-state index contributed by atoms with van der Waals surface area (Å²) in [7, 11) is 0. The van der Waals surface area contributed by atoms with Gasteiger partial charge in [0.2, 0.25) is 5.91 Å². The molecule has 5 rings (SSSR count). The zero-order valence-corrected chi connectivity index (χ0v) is 22.4. The van der Waals surface area contributed by atoms with E-state index in [1.165, 1.54) is 6.42 Å². The van der Waals surface area contributed by atoms with Crippen molar-refractivity contribution >= 4 is 34.3 Å². The molecule has 0 radical (unpaired) electrons. The molecule has 196 valence electrons. The molecule has 1 aliphatic carbocycles. The van der Waals surface area contributed by atoms with Crippen LogP contribution in [-0.2, 0) is 16.6 Å². The summed E-state index contributed by atoms with van der Waals surface area (Å²) in [5.41, 5.74) is 1.85. The van der Waals surface area contributed by atoms with E-state index in [4.69, 9.17) is 11.6 Å². The summed E-state index contributed by atoms with van der Waals surface area (Å²) < 4.78 is 0. The van der Waals surface area contributed by atoms with E-state index in [9.17, 15) is 9.59 Å². The molecule has 2 heterocycles. The third kappa shape index (κ3) is 5.32. The molecule has 38 heavy (non-hydrogen) atoms. The number of carbonyl (C=O) groups is 2. The molecule has 1 fully saturated rings. The Labute approximate surface area is 228 Å². The van der Waals surface area contributed by atoms with Gasteiger partial charge in [0.05, 0.1) is 10.6 Å². The van der Waals surface area contributed by atoms with E-state index in [1.807, 2.05) is 48.8 Å². The van der Waals surface area contributed by atoms with Crippen molar-refractivity contribution in [1.29, 1.82) is 0 Å². The first kappa shape index (κ1) is 26.0. The Balaban J connectivity index is 1.44. The highest BCUT2D eigenvalue weighted by atomic mass is 35.5. The highest BCUT2D eigenvalue weighted by Crippen LogP contribution is 2.38. The van der Waals surface area contributed by atoms with Crippen LogP contribution in [0.25, 0.3) is 10.9 Å². The lowest BCUT2D eigenvalue weighted by Crippen LogP contribution is -2.59. The molecule has 1 atom stereocenters. The maximum Gasteiger partial charge on any atom is 0.253 e. The van der Waals surface area contributed by atoms with E-state index in [0.29, 0.717) is 23.6 Å². The normalized spacial score (nSPS) is 16.5. The number of hydrogen-bond donors (Lipinski definition) is 3. The largest absolute Gasteiger partial charge is 0.361 e. The molecular weight excluding hydrogens is 496 g/mol. The second kappa shape index (κ2) is 11.0. The van der Waals surface area contributed by atoms with Gasteiger partial charge in [-0.3, -0.25) is 14.6 Å². The van der Waals surface area contributed by atoms with Crippen molar-refractivity contribution in [2.45, 2.75) is 56.4 Å². The molecule has 0 spiro atoms. The Bertz CT molecular complexity index is 1430. The van der Waals surface area contributed by atoms with Gasteiger partial charge in [-0.15, -0.1) is 0 Å². The lowest BCUT2D eigenvalue weighted by molar-refractivity contribution is -0.127. The van der Waals surface area contributed by atoms with Crippen LogP contribution in [0.1, 0.15) is 60.6 Å². The van der Waals surface area contributed by atoms with Crippen LogP contribution in [0.4, 0.5) is 0 Å². The number of fused-ring (bicyclic) bond motifs is 1. The molecule has 0 unspecified atom stereocenters. The number of aromatic amines is 1. The molecule has 3 N–H and O–H groups in total. The van der Waals surface area contributed by atoms with Crippen molar-refractivity contribution in [3.05, 3.63) is 101 Å². The van der Waals surface area contributed by atoms with E-state index < -0.39 is 5.54 Å². The number of benzene rings is 2. The molecule has 0 saturated heterocycles. The van der Waals surface area contributed by atoms with Crippen LogP contribution in [0.2, 0.25) is 5.02 Å². The summed E-state index contributed by atoms with van der Waals surface area (Å²) in [6.45, 7) is 2.25. The Hall–Kier alpha value is -3.64. The average Bonchev–Trinajstić information content (AvgIpc) is 3.35. The number of halogens is 1. The Morgan fingerprint density at radius 1 is 1.00 bits per heavy atom. The fourth-order valence-electron chi connectivity index (χ4n) is 5.68. The van der Waals surface area contributed by atoms with E-state index in [0.717, 1.165) is 47.8 Å². The van der Waals surface area contributed by atoms with Crippen molar-refractivity contribution in [2.24, 2.45) is 0 Å². The van der Waals surface area contributed by atoms with Crippen LogP contribution in [-0.4, -0.2) is 33.9 Å². The van der Waals surface area contributed by atoms with Gasteiger partial charge < -0.3 is 15.6 Å². The number of aromatic nitrogens is 2. The predicted molar refractivity (Wildman–Crippen MR) is 151 cm³/mol. The van der Waals surface area contributed by atoms with Crippen LogP contribution in [0.3, 0.4) is 0 Å². The first-order chi connectivity index (χ1) is 18.4. The zero-order chi connectivity index (χ0) is 26.6. The van der Waals surface area contributed by atoms with Crippen molar-refractivity contribution in [3.63, 3.8) is 0 Å². The molecule has 2 aromatic heterocycles. The summed E-state index contributed by atoms with van der Waals surface area (Å²) >= 11 is 6.32. The molecule has 0 aliphatic heterocycles. The first-order valence-corrected chi connectivity index (χ1v) is 13.6. The van der Waals surface area contributed by atoms with Crippen molar-refractivity contribution < 1.29 is 9.59 Å². The van der Waals surface area contributed by atoms with Gasteiger partial charge in [0.15, 0.2) is 0 Å². The lowest BCUT2D eigenvalue weighted by atomic mass is 9.71. The fraction of sp³-hybridized carbons (Fsp3) is 0.323. The number of nitrogens with zero attached hydrogens (tertiary/aromatic N) is 1. The van der Waals surface area contributed by atoms with Crippen molar-refractivity contribution in [2.75, 3.05) is 6.54 Å². The quantitative estimate of drug-likeness (QED) is 0.263. The van der Waals surface area contributed by atoms with Gasteiger partial charge in [-0.2, -0.15) is 0 Å². The second-order valence-corrected chi connectivity index (χ2v) is 10.9. The maximum atomic E-state index is 14.0. The van der Waals surface area contributed by atoms with Crippen LogP contribution in [0.5, 0.6) is 0 Å². The smallest absolute Gasteiger partial charge is 0.253 e. The summed E-state index contributed by atoms with van der Waals surface area (Å²) in [4.78, 5) is 35.3. The standard InChI is InChI=1S/C31H33ClN4O2/c1-30(36-28(37)24-12-3-5-13-25(24)32,19-22-20-34-26-14-6-4-11-23(22)26)29(38)35-21-31(16-8-2-9-17-31)27-15-7-10-18-33-27/h3-7,10-15,18,20,34H,2,8-9,16-17,19,21H2,1H3,(H,35,38)(H,36,37)/t30-/m0/s1. The van der Waals surface area contributed by atoms with Crippen molar-refractivity contribution in [1.82, 2.24) is 20.6 Å². The molecule has 0 bridgehead atoms. The minimum absolute atomic E-state index is 0.219. The summed E-state index contributed by atoms with van der Waals surface area (Å²) in [5.74, 6) is -0.616. The molecule has 7 heteroatoms. The molecule has 4 aromatic rings. The van der Waals surface area contributed by atoms with E-state index in [-0.39, 0.29) is 17.2 Å². The van der Waals surface area contributed by atoms with Gasteiger partial charge in [-0.05, 0) is 55.7 Å². The monoisotopic (exact) mass is 528 g/mol. The first-order valence-electron chi connectivity index (χ1n) is 13.2. The SMILES string of the molecule is C[C@@](Cc1c[nH]c2ccccc12)(NC(=O)c1ccccc1Cl)C(=O)NCC1(c2ccccn2)CCCCC1. The van der Waals surface area contributed by atoms with E-state index >= 15 is 0 Å². The molecule has 6 nitrogen and oxygen atoms in total. The van der Waals surface area contributed by atoms with Gasteiger partial charge in [0.1, 0.15) is 5.54 Å². The van der Waals surface area contributed by atoms with Crippen LogP contribution in [0.15, 0.2) is 79.1 Å². The predicted octanol–water partition coefficient (Wildman–Crippen LogP) is 5.97. The highest BCUT2D eigenvalue weighted by Gasteiger charge is 2.40. The minimum Gasteiger partial charge on any atom is -0.361 e. The number of nitrogens with one attached hydrogen (secondary N) is 3. The number of para-hydroxylation sites is 1.